The zero-order chi connectivity index (χ0) is 10.2. The molecule has 2 aliphatic rings. The maximum atomic E-state index is 11.1. The van der Waals surface area contributed by atoms with E-state index in [2.05, 4.69) is 19.9 Å². The van der Waals surface area contributed by atoms with Crippen LogP contribution in [0, 0.1) is 5.92 Å². The van der Waals surface area contributed by atoms with Crippen molar-refractivity contribution in [2.75, 3.05) is 0 Å². The zero-order valence-corrected chi connectivity index (χ0v) is 9.01. The first kappa shape index (κ1) is 9.75. The van der Waals surface area contributed by atoms with Crippen molar-refractivity contribution in [1.29, 1.82) is 0 Å². The number of rotatable bonds is 1. The molecule has 2 heteroatoms. The number of hydrogen-bond acceptors (Lipinski definition) is 2. The van der Waals surface area contributed by atoms with Crippen LogP contribution < -0.4 is 0 Å². The number of allylic oxidation sites excluding steroid dienone is 2. The van der Waals surface area contributed by atoms with E-state index in [0.717, 1.165) is 19.3 Å². The summed E-state index contributed by atoms with van der Waals surface area (Å²) in [7, 11) is 0. The maximum absolute atomic E-state index is 11.1. The van der Waals surface area contributed by atoms with Crippen LogP contribution in [-0.2, 0) is 9.53 Å². The molecule has 14 heavy (non-hydrogen) atoms. The molecule has 0 spiro atoms. The smallest absolute Gasteiger partial charge is 0.306 e. The molecule has 2 nitrogen and oxygen atoms in total. The van der Waals surface area contributed by atoms with Crippen LogP contribution in [0.5, 0.6) is 0 Å². The highest BCUT2D eigenvalue weighted by atomic mass is 16.6. The number of esters is 1. The Morgan fingerprint density at radius 3 is 2.79 bits per heavy atom. The first-order chi connectivity index (χ1) is 6.60. The van der Waals surface area contributed by atoms with Crippen molar-refractivity contribution in [2.24, 2.45) is 5.92 Å². The Morgan fingerprint density at radius 1 is 1.50 bits per heavy atom. The third-order valence-electron chi connectivity index (χ3n) is 3.67. The van der Waals surface area contributed by atoms with Gasteiger partial charge in [-0.15, -0.1) is 0 Å². The Balaban J connectivity index is 2.05. The molecule has 1 fully saturated rings. The third kappa shape index (κ3) is 1.70. The maximum Gasteiger partial charge on any atom is 0.306 e. The molecule has 1 aliphatic heterocycles. The summed E-state index contributed by atoms with van der Waals surface area (Å²) in [5, 5.41) is 0. The number of ether oxygens (including phenoxy) is 1. The van der Waals surface area contributed by atoms with Crippen molar-refractivity contribution in [3.63, 3.8) is 0 Å². The Labute approximate surface area is 85.3 Å². The molecule has 0 saturated carbocycles. The van der Waals surface area contributed by atoms with Crippen LogP contribution in [0.25, 0.3) is 0 Å². The number of hydrogen-bond donors (Lipinski definition) is 0. The lowest BCUT2D eigenvalue weighted by atomic mass is 9.77. The molecule has 0 N–H and O–H groups in total. The van der Waals surface area contributed by atoms with Crippen LogP contribution in [0.3, 0.4) is 0 Å². The van der Waals surface area contributed by atoms with Crippen LogP contribution >= 0.6 is 0 Å². The monoisotopic (exact) mass is 194 g/mol. The molecule has 0 bridgehead atoms. The SMILES string of the molecule is CC1=CC[C@H](C2(C)CCC(=O)O2)CC1. The summed E-state index contributed by atoms with van der Waals surface area (Å²) in [6, 6.07) is 0. The van der Waals surface area contributed by atoms with Gasteiger partial charge in [-0.1, -0.05) is 11.6 Å². The standard InChI is InChI=1S/C12H18O2/c1-9-3-5-10(6-4-9)12(2)8-7-11(13)14-12/h3,10H,4-8H2,1-2H3/t10-,12?/m0/s1. The van der Waals surface area contributed by atoms with Crippen molar-refractivity contribution in [1.82, 2.24) is 0 Å². The van der Waals surface area contributed by atoms with Crippen LogP contribution in [-0.4, -0.2) is 11.6 Å². The van der Waals surface area contributed by atoms with E-state index in [-0.39, 0.29) is 11.6 Å². The summed E-state index contributed by atoms with van der Waals surface area (Å²) >= 11 is 0. The minimum atomic E-state index is -0.172. The summed E-state index contributed by atoms with van der Waals surface area (Å²) in [6.07, 6.45) is 7.23. The van der Waals surface area contributed by atoms with Gasteiger partial charge in [0.05, 0.1) is 0 Å². The van der Waals surface area contributed by atoms with Crippen LogP contribution in [0.4, 0.5) is 0 Å². The number of carbonyl (C=O) groups is 1. The van der Waals surface area contributed by atoms with E-state index in [1.54, 1.807) is 0 Å². The Morgan fingerprint density at radius 2 is 2.29 bits per heavy atom. The average Bonchev–Trinajstić information content (AvgIpc) is 2.48. The first-order valence-corrected chi connectivity index (χ1v) is 5.48. The van der Waals surface area contributed by atoms with Gasteiger partial charge in [0, 0.05) is 12.3 Å². The van der Waals surface area contributed by atoms with Gasteiger partial charge >= 0.3 is 5.97 Å². The molecular formula is C12H18O2. The highest BCUT2D eigenvalue weighted by Gasteiger charge is 2.42. The van der Waals surface area contributed by atoms with Crippen molar-refractivity contribution < 1.29 is 9.53 Å². The second-order valence-corrected chi connectivity index (χ2v) is 4.81. The predicted molar refractivity (Wildman–Crippen MR) is 54.8 cm³/mol. The fourth-order valence-electron chi connectivity index (χ4n) is 2.52. The average molecular weight is 194 g/mol. The minimum Gasteiger partial charge on any atom is -0.459 e. The highest BCUT2D eigenvalue weighted by Crippen LogP contribution is 2.40. The quantitative estimate of drug-likeness (QED) is 0.474. The number of cyclic esters (lactones) is 1. The lowest BCUT2D eigenvalue weighted by Gasteiger charge is -2.34. The molecule has 78 valence electrons. The van der Waals surface area contributed by atoms with Crippen LogP contribution in [0.1, 0.15) is 46.0 Å². The summed E-state index contributed by atoms with van der Waals surface area (Å²) < 4.78 is 5.46. The van der Waals surface area contributed by atoms with Gasteiger partial charge in [0.2, 0.25) is 0 Å². The largest absolute Gasteiger partial charge is 0.459 e. The van der Waals surface area contributed by atoms with E-state index in [4.69, 9.17) is 4.74 Å². The van der Waals surface area contributed by atoms with E-state index in [0.29, 0.717) is 12.3 Å². The topological polar surface area (TPSA) is 26.3 Å². The van der Waals surface area contributed by atoms with E-state index in [1.165, 1.54) is 12.0 Å². The van der Waals surface area contributed by atoms with E-state index in [1.807, 2.05) is 0 Å². The van der Waals surface area contributed by atoms with Gasteiger partial charge in [0.15, 0.2) is 0 Å². The van der Waals surface area contributed by atoms with Crippen molar-refractivity contribution in [2.45, 2.75) is 51.6 Å². The molecular weight excluding hydrogens is 176 g/mol. The molecule has 0 radical (unpaired) electrons. The minimum absolute atomic E-state index is 0.0150. The lowest BCUT2D eigenvalue weighted by Crippen LogP contribution is -2.35. The zero-order valence-electron chi connectivity index (χ0n) is 9.01. The fourth-order valence-corrected chi connectivity index (χ4v) is 2.52. The molecule has 0 aromatic rings. The second kappa shape index (κ2) is 3.41. The summed E-state index contributed by atoms with van der Waals surface area (Å²) in [5.41, 5.74) is 1.31. The molecule has 2 rings (SSSR count). The molecule has 0 aromatic carbocycles. The van der Waals surface area contributed by atoms with E-state index < -0.39 is 0 Å². The molecule has 0 aromatic heterocycles. The Kier molecular flexibility index (Phi) is 2.38. The lowest BCUT2D eigenvalue weighted by molar-refractivity contribution is -0.151. The van der Waals surface area contributed by atoms with E-state index in [9.17, 15) is 4.79 Å². The Bertz CT molecular complexity index is 280. The summed E-state index contributed by atoms with van der Waals surface area (Å²) in [4.78, 5) is 11.1. The van der Waals surface area contributed by atoms with Gasteiger partial charge in [-0.3, -0.25) is 4.79 Å². The second-order valence-electron chi connectivity index (χ2n) is 4.81. The van der Waals surface area contributed by atoms with Gasteiger partial charge in [-0.2, -0.15) is 0 Å². The van der Waals surface area contributed by atoms with E-state index >= 15 is 0 Å². The third-order valence-corrected chi connectivity index (χ3v) is 3.67. The van der Waals surface area contributed by atoms with Crippen molar-refractivity contribution in [3.8, 4) is 0 Å². The predicted octanol–water partition coefficient (Wildman–Crippen LogP) is 2.83. The molecule has 1 unspecified atom stereocenters. The van der Waals surface area contributed by atoms with Gasteiger partial charge in [0.25, 0.3) is 0 Å². The highest BCUT2D eigenvalue weighted by molar-refractivity contribution is 5.72. The first-order valence-electron chi connectivity index (χ1n) is 5.48. The fraction of sp³-hybridized carbons (Fsp3) is 0.750. The molecule has 1 aliphatic carbocycles. The van der Waals surface area contributed by atoms with Gasteiger partial charge < -0.3 is 4.74 Å². The molecule has 2 atom stereocenters. The normalized spacial score (nSPS) is 38.0. The van der Waals surface area contributed by atoms with Gasteiger partial charge in [-0.25, -0.2) is 0 Å². The van der Waals surface area contributed by atoms with Crippen molar-refractivity contribution in [3.05, 3.63) is 11.6 Å². The van der Waals surface area contributed by atoms with Crippen LogP contribution in [0.15, 0.2) is 11.6 Å². The van der Waals surface area contributed by atoms with Crippen LogP contribution in [0.2, 0.25) is 0 Å². The summed E-state index contributed by atoms with van der Waals surface area (Å²) in [5.74, 6) is 0.524. The van der Waals surface area contributed by atoms with Gasteiger partial charge in [-0.05, 0) is 39.5 Å². The van der Waals surface area contributed by atoms with Crippen molar-refractivity contribution >= 4 is 5.97 Å². The Hall–Kier alpha value is -0.790. The number of carbonyl (C=O) groups excluding carboxylic acids is 1. The van der Waals surface area contributed by atoms with Gasteiger partial charge in [0.1, 0.15) is 5.60 Å². The molecule has 1 heterocycles. The molecule has 1 saturated heterocycles. The summed E-state index contributed by atoms with van der Waals surface area (Å²) in [6.45, 7) is 4.27. The molecule has 0 amide bonds.